The number of carbonyl (C=O) groups excluding carboxylic acids is 2. The zero-order chi connectivity index (χ0) is 24.7. The van der Waals surface area contributed by atoms with E-state index in [0.717, 1.165) is 17.7 Å². The number of thioether (sulfide) groups is 1. The smallest absolute Gasteiger partial charge is 0.311 e. The number of unbranched alkanes of at least 4 members (excludes halogenated alkanes) is 15. The van der Waals surface area contributed by atoms with Gasteiger partial charge in [0, 0.05) is 4.90 Å². The van der Waals surface area contributed by atoms with Gasteiger partial charge in [-0.1, -0.05) is 103 Å². The van der Waals surface area contributed by atoms with Gasteiger partial charge in [-0.05, 0) is 36.9 Å². The van der Waals surface area contributed by atoms with Crippen LogP contribution in [0, 0.1) is 0 Å². The summed E-state index contributed by atoms with van der Waals surface area (Å²) < 4.78 is 10.5. The highest BCUT2D eigenvalue weighted by atomic mass is 32.2. The molecule has 0 fully saturated rings. The zero-order valence-corrected chi connectivity index (χ0v) is 22.6. The summed E-state index contributed by atoms with van der Waals surface area (Å²) in [6.45, 7) is 2.72. The normalized spacial score (nSPS) is 10.9. The second kappa shape index (κ2) is 22.0. The maximum atomic E-state index is 11.9. The van der Waals surface area contributed by atoms with E-state index in [-0.39, 0.29) is 18.8 Å². The van der Waals surface area contributed by atoms with Crippen molar-refractivity contribution in [1.29, 1.82) is 0 Å². The Morgan fingerprint density at radius 1 is 0.647 bits per heavy atom. The SMILES string of the molecule is CCCCCCCCCCCCCCCCCCOC(=O)CCC(=O)Oc1ccc(SC)cc1. The molecule has 0 saturated heterocycles. The Morgan fingerprint density at radius 2 is 1.09 bits per heavy atom. The minimum Gasteiger partial charge on any atom is -0.466 e. The Morgan fingerprint density at radius 3 is 1.56 bits per heavy atom. The summed E-state index contributed by atoms with van der Waals surface area (Å²) in [5.41, 5.74) is 0. The molecule has 0 unspecified atom stereocenters. The van der Waals surface area contributed by atoms with Gasteiger partial charge < -0.3 is 9.47 Å². The minimum absolute atomic E-state index is 0.0437. The van der Waals surface area contributed by atoms with Crippen LogP contribution in [0.2, 0.25) is 0 Å². The molecule has 4 nitrogen and oxygen atoms in total. The van der Waals surface area contributed by atoms with Crippen molar-refractivity contribution in [3.05, 3.63) is 24.3 Å². The molecule has 194 valence electrons. The summed E-state index contributed by atoms with van der Waals surface area (Å²) in [5, 5.41) is 0. The summed E-state index contributed by atoms with van der Waals surface area (Å²) in [6, 6.07) is 7.33. The van der Waals surface area contributed by atoms with E-state index >= 15 is 0 Å². The molecule has 1 aromatic carbocycles. The Balaban J connectivity index is 1.84. The first-order chi connectivity index (χ1) is 16.7. The fourth-order valence-corrected chi connectivity index (χ4v) is 4.35. The van der Waals surface area contributed by atoms with Crippen LogP contribution in [0.4, 0.5) is 0 Å². The third kappa shape index (κ3) is 17.9. The molecule has 0 N–H and O–H groups in total. The number of carbonyl (C=O) groups is 2. The van der Waals surface area contributed by atoms with Crippen LogP contribution in [-0.2, 0) is 14.3 Å². The fraction of sp³-hybridized carbons (Fsp3) is 0.724. The van der Waals surface area contributed by atoms with Gasteiger partial charge in [-0.25, -0.2) is 0 Å². The van der Waals surface area contributed by atoms with Crippen molar-refractivity contribution in [3.63, 3.8) is 0 Å². The molecule has 0 spiro atoms. The van der Waals surface area contributed by atoms with Crippen LogP contribution in [-0.4, -0.2) is 24.8 Å². The molecule has 0 heterocycles. The van der Waals surface area contributed by atoms with Gasteiger partial charge in [-0.3, -0.25) is 9.59 Å². The quantitative estimate of drug-likeness (QED) is 0.0700. The number of ether oxygens (including phenoxy) is 2. The van der Waals surface area contributed by atoms with E-state index in [1.165, 1.54) is 89.9 Å². The lowest BCUT2D eigenvalue weighted by Gasteiger charge is -2.06. The van der Waals surface area contributed by atoms with Crippen molar-refractivity contribution in [2.45, 2.75) is 127 Å². The summed E-state index contributed by atoms with van der Waals surface area (Å²) in [6.07, 6.45) is 23.3. The van der Waals surface area contributed by atoms with Crippen LogP contribution in [0.15, 0.2) is 29.2 Å². The molecule has 0 amide bonds. The highest BCUT2D eigenvalue weighted by Gasteiger charge is 2.10. The summed E-state index contributed by atoms with van der Waals surface area (Å²) in [7, 11) is 0. The molecule has 34 heavy (non-hydrogen) atoms. The summed E-state index contributed by atoms with van der Waals surface area (Å²) in [4.78, 5) is 24.8. The van der Waals surface area contributed by atoms with Crippen LogP contribution in [0.25, 0.3) is 0 Å². The van der Waals surface area contributed by atoms with Crippen LogP contribution in [0.1, 0.15) is 122 Å². The molecule has 0 aliphatic heterocycles. The van der Waals surface area contributed by atoms with E-state index in [1.807, 2.05) is 18.4 Å². The molecule has 0 aromatic heterocycles. The number of hydrogen-bond donors (Lipinski definition) is 0. The standard InChI is InChI=1S/C29H48O4S/c1-3-4-5-6-7-8-9-10-11-12-13-14-15-16-17-18-25-32-28(30)23-24-29(31)33-26-19-21-27(34-2)22-20-26/h19-22H,3-18,23-25H2,1-2H3. The van der Waals surface area contributed by atoms with Gasteiger partial charge in [0.2, 0.25) is 0 Å². The highest BCUT2D eigenvalue weighted by Crippen LogP contribution is 2.19. The maximum absolute atomic E-state index is 11.9. The Bertz CT molecular complexity index is 630. The number of rotatable bonds is 22. The van der Waals surface area contributed by atoms with Gasteiger partial charge >= 0.3 is 11.9 Å². The van der Waals surface area contributed by atoms with Crippen molar-refractivity contribution in [1.82, 2.24) is 0 Å². The molecule has 1 aromatic rings. The van der Waals surface area contributed by atoms with Gasteiger partial charge in [-0.2, -0.15) is 0 Å². The second-order valence-corrected chi connectivity index (χ2v) is 10.1. The first kappa shape index (κ1) is 30.5. The lowest BCUT2D eigenvalue weighted by Crippen LogP contribution is -2.12. The predicted octanol–water partition coefficient (Wildman–Crippen LogP) is 8.90. The van der Waals surface area contributed by atoms with Crippen LogP contribution in [0.3, 0.4) is 0 Å². The number of benzene rings is 1. The Labute approximate surface area is 212 Å². The summed E-state index contributed by atoms with van der Waals surface area (Å²) in [5.74, 6) is -0.226. The van der Waals surface area contributed by atoms with E-state index in [4.69, 9.17) is 9.47 Å². The largest absolute Gasteiger partial charge is 0.466 e. The highest BCUT2D eigenvalue weighted by molar-refractivity contribution is 7.98. The molecule has 5 heteroatoms. The van der Waals surface area contributed by atoms with Crippen LogP contribution in [0.5, 0.6) is 5.75 Å². The molecule has 0 aliphatic rings. The second-order valence-electron chi connectivity index (χ2n) is 9.17. The zero-order valence-electron chi connectivity index (χ0n) is 21.8. The molecule has 1 rings (SSSR count). The molecule has 0 atom stereocenters. The van der Waals surface area contributed by atoms with Gasteiger partial charge in [0.1, 0.15) is 5.75 Å². The molecular formula is C29H48O4S. The minimum atomic E-state index is -0.406. The van der Waals surface area contributed by atoms with E-state index in [2.05, 4.69) is 6.92 Å². The van der Waals surface area contributed by atoms with Crippen molar-refractivity contribution in [3.8, 4) is 5.75 Å². The molecule has 0 saturated carbocycles. The predicted molar refractivity (Wildman–Crippen MR) is 144 cm³/mol. The first-order valence-corrected chi connectivity index (χ1v) is 14.9. The first-order valence-electron chi connectivity index (χ1n) is 13.7. The van der Waals surface area contributed by atoms with Gasteiger partial charge in [0.05, 0.1) is 19.4 Å². The topological polar surface area (TPSA) is 52.6 Å². The van der Waals surface area contributed by atoms with E-state index < -0.39 is 5.97 Å². The van der Waals surface area contributed by atoms with Crippen LogP contribution < -0.4 is 4.74 Å². The lowest BCUT2D eigenvalue weighted by atomic mass is 10.0. The Hall–Kier alpha value is -1.49. The average molecular weight is 493 g/mol. The number of esters is 2. The molecule has 0 radical (unpaired) electrons. The molecular weight excluding hydrogens is 444 g/mol. The fourth-order valence-electron chi connectivity index (χ4n) is 3.94. The summed E-state index contributed by atoms with van der Waals surface area (Å²) >= 11 is 1.63. The number of hydrogen-bond acceptors (Lipinski definition) is 5. The van der Waals surface area contributed by atoms with Gasteiger partial charge in [-0.15, -0.1) is 11.8 Å². The van der Waals surface area contributed by atoms with Gasteiger partial charge in [0.15, 0.2) is 0 Å². The van der Waals surface area contributed by atoms with Crippen molar-refractivity contribution < 1.29 is 19.1 Å². The lowest BCUT2D eigenvalue weighted by molar-refractivity contribution is -0.147. The van der Waals surface area contributed by atoms with E-state index in [0.29, 0.717) is 12.4 Å². The van der Waals surface area contributed by atoms with Crippen LogP contribution >= 0.6 is 11.8 Å². The van der Waals surface area contributed by atoms with Crippen molar-refractivity contribution in [2.75, 3.05) is 12.9 Å². The molecule has 0 aliphatic carbocycles. The molecule has 0 bridgehead atoms. The average Bonchev–Trinajstić information content (AvgIpc) is 2.85. The monoisotopic (exact) mass is 492 g/mol. The van der Waals surface area contributed by atoms with E-state index in [1.54, 1.807) is 23.9 Å². The maximum Gasteiger partial charge on any atom is 0.311 e. The van der Waals surface area contributed by atoms with Crippen molar-refractivity contribution >= 4 is 23.7 Å². The Kier molecular flexibility index (Phi) is 19.8. The third-order valence-corrected chi connectivity index (χ3v) is 6.83. The van der Waals surface area contributed by atoms with Crippen molar-refractivity contribution in [2.24, 2.45) is 0 Å². The third-order valence-electron chi connectivity index (χ3n) is 6.09. The van der Waals surface area contributed by atoms with E-state index in [9.17, 15) is 9.59 Å². The van der Waals surface area contributed by atoms with Gasteiger partial charge in [0.25, 0.3) is 0 Å².